The van der Waals surface area contributed by atoms with Gasteiger partial charge < -0.3 is 9.47 Å². The largest absolute Gasteiger partial charge is 0.497 e. The standard InChI is InChI=1S/C15H18N2O6S2/c1-11-4-7-13(8-5-11)24(18,19)16-17-25(20,21)15-10-12(22-2)6-9-14(15)23-3/h4-10,16-17H,1-3H3. The fourth-order valence-corrected chi connectivity index (χ4v) is 4.22. The number of rotatable bonds is 7. The maximum atomic E-state index is 12.4. The Morgan fingerprint density at radius 1 is 0.800 bits per heavy atom. The molecule has 0 aliphatic heterocycles. The van der Waals surface area contributed by atoms with E-state index in [0.29, 0.717) is 0 Å². The highest BCUT2D eigenvalue weighted by atomic mass is 32.2. The SMILES string of the molecule is COc1ccc(OC)c(S(=O)(=O)NNS(=O)(=O)c2ccc(C)cc2)c1. The number of methoxy groups -OCH3 is 2. The molecule has 136 valence electrons. The predicted molar refractivity (Wildman–Crippen MR) is 91.4 cm³/mol. The lowest BCUT2D eigenvalue weighted by Crippen LogP contribution is -2.41. The number of hydrazine groups is 1. The van der Waals surface area contributed by atoms with E-state index >= 15 is 0 Å². The molecule has 2 N–H and O–H groups in total. The van der Waals surface area contributed by atoms with Gasteiger partial charge in [-0.2, -0.15) is 0 Å². The van der Waals surface area contributed by atoms with Crippen molar-refractivity contribution in [3.63, 3.8) is 0 Å². The molecule has 0 fully saturated rings. The highest BCUT2D eigenvalue weighted by Gasteiger charge is 2.23. The highest BCUT2D eigenvalue weighted by Crippen LogP contribution is 2.27. The van der Waals surface area contributed by atoms with Gasteiger partial charge in [-0.15, -0.1) is 9.66 Å². The first kappa shape index (κ1) is 19.2. The molecule has 2 rings (SSSR count). The summed E-state index contributed by atoms with van der Waals surface area (Å²) in [6, 6.07) is 10.1. The minimum absolute atomic E-state index is 0.0443. The Morgan fingerprint density at radius 3 is 1.96 bits per heavy atom. The molecular formula is C15H18N2O6S2. The number of benzene rings is 2. The quantitative estimate of drug-likeness (QED) is 0.692. The van der Waals surface area contributed by atoms with Gasteiger partial charge in [0.1, 0.15) is 16.4 Å². The van der Waals surface area contributed by atoms with Crippen LogP contribution in [0, 0.1) is 6.92 Å². The summed E-state index contributed by atoms with van der Waals surface area (Å²) in [6.45, 7) is 1.81. The first-order valence-corrected chi connectivity index (χ1v) is 9.98. The smallest absolute Gasteiger partial charge is 0.257 e. The summed E-state index contributed by atoms with van der Waals surface area (Å²) >= 11 is 0. The monoisotopic (exact) mass is 386 g/mol. The molecule has 25 heavy (non-hydrogen) atoms. The van der Waals surface area contributed by atoms with Crippen LogP contribution in [0.5, 0.6) is 11.5 Å². The first-order chi connectivity index (χ1) is 11.7. The van der Waals surface area contributed by atoms with E-state index in [1.54, 1.807) is 12.1 Å². The van der Waals surface area contributed by atoms with Crippen molar-refractivity contribution in [3.8, 4) is 11.5 Å². The van der Waals surface area contributed by atoms with Crippen LogP contribution in [0.25, 0.3) is 0 Å². The van der Waals surface area contributed by atoms with Crippen molar-refractivity contribution >= 4 is 20.0 Å². The first-order valence-electron chi connectivity index (χ1n) is 7.02. The zero-order chi connectivity index (χ0) is 18.7. The molecule has 0 amide bonds. The van der Waals surface area contributed by atoms with Crippen LogP contribution >= 0.6 is 0 Å². The topological polar surface area (TPSA) is 111 Å². The van der Waals surface area contributed by atoms with Crippen molar-refractivity contribution in [3.05, 3.63) is 48.0 Å². The van der Waals surface area contributed by atoms with Gasteiger partial charge >= 0.3 is 0 Å². The molecule has 0 spiro atoms. The Bertz CT molecular complexity index is 954. The zero-order valence-electron chi connectivity index (χ0n) is 13.8. The Morgan fingerprint density at radius 2 is 1.40 bits per heavy atom. The van der Waals surface area contributed by atoms with Gasteiger partial charge in [-0.3, -0.25) is 0 Å². The molecule has 8 nitrogen and oxygen atoms in total. The third-order valence-corrected chi connectivity index (χ3v) is 5.96. The maximum Gasteiger partial charge on any atom is 0.257 e. The predicted octanol–water partition coefficient (Wildman–Crippen LogP) is 1.18. The van der Waals surface area contributed by atoms with Crippen molar-refractivity contribution in [2.75, 3.05) is 14.2 Å². The molecule has 0 aliphatic carbocycles. The lowest BCUT2D eigenvalue weighted by molar-refractivity contribution is 0.392. The van der Waals surface area contributed by atoms with E-state index in [-0.39, 0.29) is 21.3 Å². The molecule has 0 aliphatic rings. The van der Waals surface area contributed by atoms with E-state index in [1.165, 1.54) is 44.6 Å². The number of aryl methyl sites for hydroxylation is 1. The van der Waals surface area contributed by atoms with Gasteiger partial charge in [-0.25, -0.2) is 16.8 Å². The second-order valence-corrected chi connectivity index (χ2v) is 8.37. The summed E-state index contributed by atoms with van der Waals surface area (Å²) in [5, 5.41) is 0. The van der Waals surface area contributed by atoms with Gasteiger partial charge in [0.05, 0.1) is 19.1 Å². The highest BCUT2D eigenvalue weighted by molar-refractivity contribution is 7.92. The second-order valence-electron chi connectivity index (χ2n) is 5.04. The molecule has 2 aromatic carbocycles. The van der Waals surface area contributed by atoms with E-state index in [0.717, 1.165) is 5.56 Å². The van der Waals surface area contributed by atoms with Crippen LogP contribution in [0.2, 0.25) is 0 Å². The molecule has 0 radical (unpaired) electrons. The molecule has 2 aromatic rings. The number of ether oxygens (including phenoxy) is 2. The van der Waals surface area contributed by atoms with Crippen LogP contribution in [0.3, 0.4) is 0 Å². The normalized spacial score (nSPS) is 12.0. The van der Waals surface area contributed by atoms with Gasteiger partial charge in [0.2, 0.25) is 0 Å². The number of nitrogens with one attached hydrogen (secondary N) is 2. The molecule has 0 saturated heterocycles. The Balaban J connectivity index is 2.29. The average Bonchev–Trinajstić information content (AvgIpc) is 2.60. The van der Waals surface area contributed by atoms with Gasteiger partial charge in [-0.05, 0) is 31.2 Å². The molecule has 0 heterocycles. The van der Waals surface area contributed by atoms with Crippen LogP contribution in [0.1, 0.15) is 5.56 Å². The fourth-order valence-electron chi connectivity index (χ4n) is 1.94. The van der Waals surface area contributed by atoms with Crippen LogP contribution in [-0.4, -0.2) is 31.1 Å². The number of hydrogen-bond donors (Lipinski definition) is 2. The van der Waals surface area contributed by atoms with E-state index in [9.17, 15) is 16.8 Å². The molecule has 0 atom stereocenters. The maximum absolute atomic E-state index is 12.4. The minimum Gasteiger partial charge on any atom is -0.497 e. The summed E-state index contributed by atoms with van der Waals surface area (Å²) < 4.78 is 59.3. The van der Waals surface area contributed by atoms with Gasteiger partial charge in [0.25, 0.3) is 20.0 Å². The van der Waals surface area contributed by atoms with Crippen molar-refractivity contribution in [2.45, 2.75) is 16.7 Å². The molecule has 0 aromatic heterocycles. The Labute approximate surface area is 146 Å². The zero-order valence-corrected chi connectivity index (χ0v) is 15.4. The van der Waals surface area contributed by atoms with Gasteiger partial charge in [0, 0.05) is 6.07 Å². The van der Waals surface area contributed by atoms with E-state index in [2.05, 4.69) is 0 Å². The summed E-state index contributed by atoms with van der Waals surface area (Å²) in [5.74, 6) is 0.324. The summed E-state index contributed by atoms with van der Waals surface area (Å²) in [4.78, 5) is 3.38. The van der Waals surface area contributed by atoms with E-state index in [4.69, 9.17) is 9.47 Å². The van der Waals surface area contributed by atoms with Crippen LogP contribution in [0.15, 0.2) is 52.3 Å². The Hall–Kier alpha value is -2.14. The summed E-state index contributed by atoms with van der Waals surface area (Å²) in [6.07, 6.45) is 0. The minimum atomic E-state index is -4.23. The molecular weight excluding hydrogens is 368 g/mol. The fraction of sp³-hybridized carbons (Fsp3) is 0.200. The van der Waals surface area contributed by atoms with Crippen molar-refractivity contribution in [1.82, 2.24) is 9.66 Å². The summed E-state index contributed by atoms with van der Waals surface area (Å²) in [5.41, 5.74) is 0.876. The Kier molecular flexibility index (Phi) is 5.68. The second kappa shape index (κ2) is 7.40. The van der Waals surface area contributed by atoms with E-state index in [1.807, 2.05) is 16.6 Å². The number of hydrogen-bond acceptors (Lipinski definition) is 6. The number of sulfonamides is 2. The van der Waals surface area contributed by atoms with Crippen LogP contribution in [0.4, 0.5) is 0 Å². The third kappa shape index (κ3) is 4.48. The van der Waals surface area contributed by atoms with Crippen molar-refractivity contribution in [1.29, 1.82) is 0 Å². The van der Waals surface area contributed by atoms with E-state index < -0.39 is 20.0 Å². The van der Waals surface area contributed by atoms with Gasteiger partial charge in [0.15, 0.2) is 0 Å². The van der Waals surface area contributed by atoms with Crippen molar-refractivity contribution in [2.24, 2.45) is 0 Å². The van der Waals surface area contributed by atoms with Crippen LogP contribution < -0.4 is 19.1 Å². The van der Waals surface area contributed by atoms with Crippen LogP contribution in [-0.2, 0) is 20.0 Å². The van der Waals surface area contributed by atoms with Gasteiger partial charge in [-0.1, -0.05) is 17.7 Å². The molecule has 10 heteroatoms. The lowest BCUT2D eigenvalue weighted by Gasteiger charge is -2.13. The third-order valence-electron chi connectivity index (χ3n) is 3.30. The summed E-state index contributed by atoms with van der Waals surface area (Å²) in [7, 11) is -5.61. The average molecular weight is 386 g/mol. The van der Waals surface area contributed by atoms with Crippen molar-refractivity contribution < 1.29 is 26.3 Å². The molecule has 0 saturated carbocycles. The molecule has 0 bridgehead atoms. The molecule has 0 unspecified atom stereocenters. The lowest BCUT2D eigenvalue weighted by atomic mass is 10.2.